The van der Waals surface area contributed by atoms with Crippen molar-refractivity contribution in [3.05, 3.63) is 34.9 Å². The smallest absolute Gasteiger partial charge is 0.254 e. The standard InChI is InChI=1S/C16H23N3O2/c1-4-19(11-15(20)18(2)3)16(21)13-6-5-12-7-8-17-10-14(12)9-13/h5-6,9,17H,4,7-8,10-11H2,1-3H3. The predicted octanol–water partition coefficient (Wildman–Crippen LogP) is 0.883. The zero-order valence-corrected chi connectivity index (χ0v) is 13.0. The Morgan fingerprint density at radius 2 is 2.00 bits per heavy atom. The highest BCUT2D eigenvalue weighted by molar-refractivity contribution is 5.96. The molecule has 0 aliphatic carbocycles. The van der Waals surface area contributed by atoms with Crippen molar-refractivity contribution in [2.24, 2.45) is 0 Å². The van der Waals surface area contributed by atoms with E-state index in [4.69, 9.17) is 0 Å². The first-order chi connectivity index (χ1) is 10.0. The van der Waals surface area contributed by atoms with Crippen LogP contribution in [0.15, 0.2) is 18.2 Å². The van der Waals surface area contributed by atoms with Crippen LogP contribution in [0.25, 0.3) is 0 Å². The summed E-state index contributed by atoms with van der Waals surface area (Å²) in [5.41, 5.74) is 3.14. The molecule has 1 heterocycles. The van der Waals surface area contributed by atoms with Crippen LogP contribution in [-0.2, 0) is 17.8 Å². The molecule has 1 aliphatic heterocycles. The second-order valence-corrected chi connectivity index (χ2v) is 5.52. The summed E-state index contributed by atoms with van der Waals surface area (Å²) in [6, 6.07) is 5.85. The minimum Gasteiger partial charge on any atom is -0.347 e. The minimum absolute atomic E-state index is 0.0650. The number of rotatable bonds is 4. The number of fused-ring (bicyclic) bond motifs is 1. The predicted molar refractivity (Wildman–Crippen MR) is 82.1 cm³/mol. The monoisotopic (exact) mass is 289 g/mol. The third-order valence-corrected chi connectivity index (χ3v) is 3.83. The third-order valence-electron chi connectivity index (χ3n) is 3.83. The highest BCUT2D eigenvalue weighted by Crippen LogP contribution is 2.17. The molecule has 5 nitrogen and oxygen atoms in total. The summed E-state index contributed by atoms with van der Waals surface area (Å²) >= 11 is 0. The number of carbonyl (C=O) groups is 2. The van der Waals surface area contributed by atoms with E-state index in [0.29, 0.717) is 12.1 Å². The molecule has 0 fully saturated rings. The summed E-state index contributed by atoms with van der Waals surface area (Å²) in [7, 11) is 3.40. The summed E-state index contributed by atoms with van der Waals surface area (Å²) in [5, 5.41) is 3.31. The Bertz CT molecular complexity index is 540. The molecular formula is C16H23N3O2. The normalized spacial score (nSPS) is 13.5. The highest BCUT2D eigenvalue weighted by Gasteiger charge is 2.19. The van der Waals surface area contributed by atoms with Crippen molar-refractivity contribution in [2.75, 3.05) is 33.7 Å². The first-order valence-corrected chi connectivity index (χ1v) is 7.35. The van der Waals surface area contributed by atoms with E-state index < -0.39 is 0 Å². The molecule has 1 aromatic rings. The molecule has 0 spiro atoms. The first-order valence-electron chi connectivity index (χ1n) is 7.35. The lowest BCUT2D eigenvalue weighted by Crippen LogP contribution is -2.40. The van der Waals surface area contributed by atoms with E-state index in [9.17, 15) is 9.59 Å². The van der Waals surface area contributed by atoms with Gasteiger partial charge in [-0.25, -0.2) is 0 Å². The maximum atomic E-state index is 12.6. The quantitative estimate of drug-likeness (QED) is 0.895. The lowest BCUT2D eigenvalue weighted by molar-refractivity contribution is -0.129. The molecular weight excluding hydrogens is 266 g/mol. The van der Waals surface area contributed by atoms with Gasteiger partial charge in [0.15, 0.2) is 0 Å². The van der Waals surface area contributed by atoms with E-state index >= 15 is 0 Å². The fraction of sp³-hybridized carbons (Fsp3) is 0.500. The summed E-state index contributed by atoms with van der Waals surface area (Å²) in [4.78, 5) is 27.4. The first kappa shape index (κ1) is 15.5. The second kappa shape index (κ2) is 6.72. The number of nitrogens with one attached hydrogen (secondary N) is 1. The second-order valence-electron chi connectivity index (χ2n) is 5.52. The maximum Gasteiger partial charge on any atom is 0.254 e. The molecule has 114 valence electrons. The van der Waals surface area contributed by atoms with E-state index in [-0.39, 0.29) is 18.4 Å². The number of hydrogen-bond acceptors (Lipinski definition) is 3. The van der Waals surface area contributed by atoms with Gasteiger partial charge in [-0.3, -0.25) is 9.59 Å². The molecule has 0 unspecified atom stereocenters. The highest BCUT2D eigenvalue weighted by atomic mass is 16.2. The third kappa shape index (κ3) is 3.61. The molecule has 0 radical (unpaired) electrons. The molecule has 5 heteroatoms. The topological polar surface area (TPSA) is 52.7 Å². The van der Waals surface area contributed by atoms with Gasteiger partial charge >= 0.3 is 0 Å². The average molecular weight is 289 g/mol. The van der Waals surface area contributed by atoms with Crippen LogP contribution >= 0.6 is 0 Å². The van der Waals surface area contributed by atoms with E-state index in [1.54, 1.807) is 19.0 Å². The molecule has 0 saturated heterocycles. The molecule has 21 heavy (non-hydrogen) atoms. The number of nitrogens with zero attached hydrogens (tertiary/aromatic N) is 2. The van der Waals surface area contributed by atoms with Gasteiger partial charge in [-0.05, 0) is 43.1 Å². The van der Waals surface area contributed by atoms with Crippen molar-refractivity contribution >= 4 is 11.8 Å². The zero-order valence-electron chi connectivity index (χ0n) is 13.0. The van der Waals surface area contributed by atoms with Gasteiger partial charge in [0, 0.05) is 32.7 Å². The number of amides is 2. The Kier molecular flexibility index (Phi) is 4.96. The van der Waals surface area contributed by atoms with Gasteiger partial charge in [-0.2, -0.15) is 0 Å². The minimum atomic E-state index is -0.0823. The van der Waals surface area contributed by atoms with Crippen molar-refractivity contribution in [2.45, 2.75) is 19.9 Å². The van der Waals surface area contributed by atoms with E-state index in [0.717, 1.165) is 19.5 Å². The van der Waals surface area contributed by atoms with E-state index in [2.05, 4.69) is 5.32 Å². The van der Waals surface area contributed by atoms with Crippen molar-refractivity contribution in [3.63, 3.8) is 0 Å². The lowest BCUT2D eigenvalue weighted by Gasteiger charge is -2.23. The van der Waals surface area contributed by atoms with Crippen molar-refractivity contribution in [1.82, 2.24) is 15.1 Å². The Hall–Kier alpha value is -1.88. The van der Waals surface area contributed by atoms with Gasteiger partial charge in [0.2, 0.25) is 5.91 Å². The van der Waals surface area contributed by atoms with E-state index in [1.165, 1.54) is 16.0 Å². The molecule has 2 rings (SSSR count). The van der Waals surface area contributed by atoms with E-state index in [1.807, 2.05) is 25.1 Å². The van der Waals surface area contributed by atoms with Crippen molar-refractivity contribution < 1.29 is 9.59 Å². The number of carbonyl (C=O) groups excluding carboxylic acids is 2. The summed E-state index contributed by atoms with van der Waals surface area (Å²) < 4.78 is 0. The summed E-state index contributed by atoms with van der Waals surface area (Å²) in [6.45, 7) is 4.32. The van der Waals surface area contributed by atoms with Crippen molar-refractivity contribution in [1.29, 1.82) is 0 Å². The molecule has 1 aliphatic rings. The fourth-order valence-electron chi connectivity index (χ4n) is 2.43. The van der Waals surface area contributed by atoms with Crippen LogP contribution in [0.5, 0.6) is 0 Å². The van der Waals surface area contributed by atoms with Gasteiger partial charge in [0.25, 0.3) is 5.91 Å². The van der Waals surface area contributed by atoms with Crippen LogP contribution in [0.1, 0.15) is 28.4 Å². The largest absolute Gasteiger partial charge is 0.347 e. The molecule has 0 aromatic heterocycles. The molecule has 1 aromatic carbocycles. The number of hydrogen-bond donors (Lipinski definition) is 1. The van der Waals surface area contributed by atoms with Crippen LogP contribution < -0.4 is 5.32 Å². The van der Waals surface area contributed by atoms with Crippen LogP contribution in [0.2, 0.25) is 0 Å². The lowest BCUT2D eigenvalue weighted by atomic mass is 9.98. The Labute approximate surface area is 125 Å². The van der Waals surface area contributed by atoms with Crippen molar-refractivity contribution in [3.8, 4) is 0 Å². The van der Waals surface area contributed by atoms with Gasteiger partial charge in [-0.15, -0.1) is 0 Å². The molecule has 1 N–H and O–H groups in total. The van der Waals surface area contributed by atoms with Gasteiger partial charge < -0.3 is 15.1 Å². The molecule has 0 atom stereocenters. The molecule has 0 saturated carbocycles. The Morgan fingerprint density at radius 3 is 2.67 bits per heavy atom. The van der Waals surface area contributed by atoms with Crippen LogP contribution in [-0.4, -0.2) is 55.3 Å². The number of likely N-dealkylation sites (N-methyl/N-ethyl adjacent to an activating group) is 2. The van der Waals surface area contributed by atoms with Crippen LogP contribution in [0, 0.1) is 0 Å². The average Bonchev–Trinajstić information content (AvgIpc) is 2.51. The number of benzene rings is 1. The fourth-order valence-corrected chi connectivity index (χ4v) is 2.43. The van der Waals surface area contributed by atoms with Gasteiger partial charge in [0.05, 0.1) is 6.54 Å². The Morgan fingerprint density at radius 1 is 1.24 bits per heavy atom. The van der Waals surface area contributed by atoms with Gasteiger partial charge in [0.1, 0.15) is 0 Å². The molecule has 2 amide bonds. The molecule has 0 bridgehead atoms. The maximum absolute atomic E-state index is 12.6. The van der Waals surface area contributed by atoms with Gasteiger partial charge in [-0.1, -0.05) is 6.07 Å². The Balaban J connectivity index is 2.15. The van der Waals surface area contributed by atoms with Crippen LogP contribution in [0.3, 0.4) is 0 Å². The summed E-state index contributed by atoms with van der Waals surface area (Å²) in [5.74, 6) is -0.147. The van der Waals surface area contributed by atoms with Crippen LogP contribution in [0.4, 0.5) is 0 Å². The summed E-state index contributed by atoms with van der Waals surface area (Å²) in [6.07, 6.45) is 1.00. The SMILES string of the molecule is CCN(CC(=O)N(C)C)C(=O)c1ccc2c(c1)CNCC2. The zero-order chi connectivity index (χ0) is 15.4.